The molecule has 1 aromatic rings. The Labute approximate surface area is 118 Å². The summed E-state index contributed by atoms with van der Waals surface area (Å²) in [5.41, 5.74) is 1.00. The molecule has 19 heavy (non-hydrogen) atoms. The van der Waals surface area contributed by atoms with Crippen LogP contribution >= 0.6 is 11.3 Å². The van der Waals surface area contributed by atoms with Crippen LogP contribution in [0.5, 0.6) is 0 Å². The summed E-state index contributed by atoms with van der Waals surface area (Å²) in [6.45, 7) is 8.59. The average molecular weight is 283 g/mol. The van der Waals surface area contributed by atoms with Gasteiger partial charge in [0.05, 0.1) is 30.0 Å². The number of morpholine rings is 1. The summed E-state index contributed by atoms with van der Waals surface area (Å²) in [6, 6.07) is -0.111. The summed E-state index contributed by atoms with van der Waals surface area (Å²) in [5.74, 6) is 0.141. The van der Waals surface area contributed by atoms with Crippen LogP contribution in [0.25, 0.3) is 0 Å². The standard InChI is InChI=1S/C13H21N3O2S/c1-9(12-8-19-11(3)15-12)14-10(2)13(17)16-4-6-18-7-5-16/h8-10,14H,4-7H2,1-3H3. The molecular weight excluding hydrogens is 262 g/mol. The Hall–Kier alpha value is -0.980. The van der Waals surface area contributed by atoms with Crippen LogP contribution in [-0.2, 0) is 9.53 Å². The van der Waals surface area contributed by atoms with Gasteiger partial charge in [-0.1, -0.05) is 0 Å². The van der Waals surface area contributed by atoms with Crippen LogP contribution in [0.3, 0.4) is 0 Å². The second kappa shape index (κ2) is 6.45. The summed E-state index contributed by atoms with van der Waals surface area (Å²) < 4.78 is 5.26. The van der Waals surface area contributed by atoms with Crippen molar-refractivity contribution in [1.82, 2.24) is 15.2 Å². The lowest BCUT2D eigenvalue weighted by Gasteiger charge is -2.30. The zero-order valence-corrected chi connectivity index (χ0v) is 12.5. The van der Waals surface area contributed by atoms with Crippen LogP contribution in [0.1, 0.15) is 30.6 Å². The van der Waals surface area contributed by atoms with Gasteiger partial charge in [-0.25, -0.2) is 4.98 Å². The van der Waals surface area contributed by atoms with Crippen molar-refractivity contribution in [2.45, 2.75) is 32.9 Å². The first-order chi connectivity index (χ1) is 9.08. The number of rotatable bonds is 4. The molecule has 1 aromatic heterocycles. The molecule has 6 heteroatoms. The fourth-order valence-corrected chi connectivity index (χ4v) is 2.87. The Morgan fingerprint density at radius 1 is 1.47 bits per heavy atom. The van der Waals surface area contributed by atoms with Gasteiger partial charge in [0.25, 0.3) is 0 Å². The van der Waals surface area contributed by atoms with E-state index < -0.39 is 0 Å². The largest absolute Gasteiger partial charge is 0.378 e. The van der Waals surface area contributed by atoms with E-state index >= 15 is 0 Å². The van der Waals surface area contributed by atoms with Crippen molar-refractivity contribution in [3.8, 4) is 0 Å². The van der Waals surface area contributed by atoms with Crippen molar-refractivity contribution in [3.63, 3.8) is 0 Å². The molecule has 1 saturated heterocycles. The van der Waals surface area contributed by atoms with Crippen molar-refractivity contribution in [2.24, 2.45) is 0 Å². The Kier molecular flexibility index (Phi) is 4.90. The molecule has 5 nitrogen and oxygen atoms in total. The van der Waals surface area contributed by atoms with E-state index in [2.05, 4.69) is 10.3 Å². The quantitative estimate of drug-likeness (QED) is 0.906. The topological polar surface area (TPSA) is 54.5 Å². The molecule has 2 unspecified atom stereocenters. The lowest BCUT2D eigenvalue weighted by atomic mass is 10.2. The van der Waals surface area contributed by atoms with Gasteiger partial charge in [-0.2, -0.15) is 0 Å². The molecular formula is C13H21N3O2S. The lowest BCUT2D eigenvalue weighted by Crippen LogP contribution is -2.49. The first kappa shape index (κ1) is 14.4. The summed E-state index contributed by atoms with van der Waals surface area (Å²) >= 11 is 1.63. The predicted octanol–water partition coefficient (Wildman–Crippen LogP) is 1.35. The van der Waals surface area contributed by atoms with Crippen LogP contribution in [0.2, 0.25) is 0 Å². The second-order valence-corrected chi connectivity index (χ2v) is 5.90. The maximum absolute atomic E-state index is 12.3. The predicted molar refractivity (Wildman–Crippen MR) is 75.3 cm³/mol. The number of aromatic nitrogens is 1. The molecule has 0 aromatic carbocycles. The number of amides is 1. The minimum absolute atomic E-state index is 0.0879. The highest BCUT2D eigenvalue weighted by atomic mass is 32.1. The lowest BCUT2D eigenvalue weighted by molar-refractivity contribution is -0.137. The number of nitrogens with zero attached hydrogens (tertiary/aromatic N) is 2. The maximum atomic E-state index is 12.3. The molecule has 0 aliphatic carbocycles. The molecule has 0 spiro atoms. The normalized spacial score (nSPS) is 19.2. The van der Waals surface area contributed by atoms with Crippen LogP contribution in [0.4, 0.5) is 0 Å². The van der Waals surface area contributed by atoms with E-state index in [0.717, 1.165) is 10.7 Å². The van der Waals surface area contributed by atoms with Crippen LogP contribution in [-0.4, -0.2) is 48.1 Å². The zero-order valence-electron chi connectivity index (χ0n) is 11.7. The average Bonchev–Trinajstić information content (AvgIpc) is 2.85. The summed E-state index contributed by atoms with van der Waals surface area (Å²) in [4.78, 5) is 18.6. The monoisotopic (exact) mass is 283 g/mol. The highest BCUT2D eigenvalue weighted by molar-refractivity contribution is 7.09. The van der Waals surface area contributed by atoms with Gasteiger partial charge in [0, 0.05) is 24.5 Å². The molecule has 1 aliphatic rings. The molecule has 106 valence electrons. The third kappa shape index (κ3) is 3.75. The van der Waals surface area contributed by atoms with E-state index in [0.29, 0.717) is 26.3 Å². The Bertz CT molecular complexity index is 429. The van der Waals surface area contributed by atoms with Gasteiger partial charge in [0.1, 0.15) is 0 Å². The van der Waals surface area contributed by atoms with E-state index in [9.17, 15) is 4.79 Å². The fourth-order valence-electron chi connectivity index (χ4n) is 2.17. The van der Waals surface area contributed by atoms with Gasteiger partial charge in [-0.15, -0.1) is 11.3 Å². The van der Waals surface area contributed by atoms with Crippen molar-refractivity contribution < 1.29 is 9.53 Å². The van der Waals surface area contributed by atoms with Gasteiger partial charge < -0.3 is 9.64 Å². The Morgan fingerprint density at radius 2 is 2.16 bits per heavy atom. The fraction of sp³-hybridized carbons (Fsp3) is 0.692. The molecule has 1 aliphatic heterocycles. The first-order valence-electron chi connectivity index (χ1n) is 6.62. The van der Waals surface area contributed by atoms with Gasteiger partial charge in [0.15, 0.2) is 0 Å². The van der Waals surface area contributed by atoms with E-state index in [1.165, 1.54) is 0 Å². The SMILES string of the molecule is Cc1nc(C(C)NC(C)C(=O)N2CCOCC2)cs1. The first-order valence-corrected chi connectivity index (χ1v) is 7.50. The molecule has 2 heterocycles. The van der Waals surface area contributed by atoms with Gasteiger partial charge in [0.2, 0.25) is 5.91 Å². The molecule has 0 bridgehead atoms. The van der Waals surface area contributed by atoms with E-state index in [4.69, 9.17) is 4.74 Å². The van der Waals surface area contributed by atoms with Crippen molar-refractivity contribution in [1.29, 1.82) is 0 Å². The number of ether oxygens (including phenoxy) is 1. The van der Waals surface area contributed by atoms with Crippen LogP contribution in [0.15, 0.2) is 5.38 Å². The molecule has 1 fully saturated rings. The highest BCUT2D eigenvalue weighted by Gasteiger charge is 2.24. The number of hydrogen-bond donors (Lipinski definition) is 1. The van der Waals surface area contributed by atoms with E-state index in [-0.39, 0.29) is 18.0 Å². The Morgan fingerprint density at radius 3 is 2.74 bits per heavy atom. The Balaban J connectivity index is 1.89. The minimum Gasteiger partial charge on any atom is -0.378 e. The zero-order chi connectivity index (χ0) is 13.8. The second-order valence-electron chi connectivity index (χ2n) is 4.84. The molecule has 1 amide bonds. The molecule has 1 N–H and O–H groups in total. The van der Waals surface area contributed by atoms with Crippen LogP contribution < -0.4 is 5.32 Å². The molecule has 2 atom stereocenters. The van der Waals surface area contributed by atoms with Crippen molar-refractivity contribution in [3.05, 3.63) is 16.1 Å². The summed E-state index contributed by atoms with van der Waals surface area (Å²) in [6.07, 6.45) is 0. The van der Waals surface area contributed by atoms with E-state index in [1.807, 2.05) is 31.1 Å². The number of aryl methyl sites for hydroxylation is 1. The number of carbonyl (C=O) groups excluding carboxylic acids is 1. The molecule has 0 radical (unpaired) electrons. The van der Waals surface area contributed by atoms with Crippen molar-refractivity contribution in [2.75, 3.05) is 26.3 Å². The minimum atomic E-state index is -0.199. The third-order valence-electron chi connectivity index (χ3n) is 3.27. The van der Waals surface area contributed by atoms with Crippen molar-refractivity contribution >= 4 is 17.2 Å². The number of nitrogens with one attached hydrogen (secondary N) is 1. The third-order valence-corrected chi connectivity index (χ3v) is 4.07. The number of carbonyl (C=O) groups is 1. The maximum Gasteiger partial charge on any atom is 0.239 e. The van der Waals surface area contributed by atoms with Gasteiger partial charge in [-0.05, 0) is 20.8 Å². The summed E-state index contributed by atoms with van der Waals surface area (Å²) in [7, 11) is 0. The molecule has 2 rings (SSSR count). The van der Waals surface area contributed by atoms with Gasteiger partial charge >= 0.3 is 0 Å². The van der Waals surface area contributed by atoms with E-state index in [1.54, 1.807) is 11.3 Å². The highest BCUT2D eigenvalue weighted by Crippen LogP contribution is 2.16. The van der Waals surface area contributed by atoms with Crippen LogP contribution in [0, 0.1) is 6.92 Å². The molecule has 0 saturated carbocycles. The number of thiazole rings is 1. The summed E-state index contributed by atoms with van der Waals surface area (Å²) in [5, 5.41) is 6.41. The smallest absolute Gasteiger partial charge is 0.239 e. The van der Waals surface area contributed by atoms with Gasteiger partial charge in [-0.3, -0.25) is 10.1 Å². The number of hydrogen-bond acceptors (Lipinski definition) is 5.